The van der Waals surface area contributed by atoms with Crippen molar-refractivity contribution in [2.45, 2.75) is 11.7 Å². The molecule has 5 nitrogen and oxygen atoms in total. The number of nitrogens with zero attached hydrogens (tertiary/aromatic N) is 2. The number of anilines is 2. The van der Waals surface area contributed by atoms with Gasteiger partial charge in [-0.15, -0.1) is 0 Å². The van der Waals surface area contributed by atoms with Crippen LogP contribution in [0.5, 0.6) is 0 Å². The van der Waals surface area contributed by atoms with Gasteiger partial charge in [-0.1, -0.05) is 77.4 Å². The average Bonchev–Trinajstić information content (AvgIpc) is 3.13. The molecule has 4 rings (SSSR count). The van der Waals surface area contributed by atoms with Crippen LogP contribution in [-0.2, 0) is 16.0 Å². The average molecular weight is 494 g/mol. The van der Waals surface area contributed by atoms with Gasteiger partial charge in [-0.2, -0.15) is 5.26 Å². The summed E-state index contributed by atoms with van der Waals surface area (Å²) in [6.45, 7) is 0. The number of nitrogens with one attached hydrogen (secondary N) is 1. The van der Waals surface area contributed by atoms with Crippen LogP contribution in [0.4, 0.5) is 11.4 Å². The van der Waals surface area contributed by atoms with Crippen LogP contribution >= 0.6 is 35.0 Å². The first kappa shape index (κ1) is 22.9. The van der Waals surface area contributed by atoms with Crippen molar-refractivity contribution in [1.82, 2.24) is 0 Å². The summed E-state index contributed by atoms with van der Waals surface area (Å²) in [5, 5.41) is 13.2. The molecular weight excluding hydrogens is 477 g/mol. The second-order valence-electron chi connectivity index (χ2n) is 7.18. The number of benzene rings is 3. The predicted octanol–water partition coefficient (Wildman–Crippen LogP) is 6.06. The van der Waals surface area contributed by atoms with E-state index in [0.29, 0.717) is 32.9 Å². The number of hydrogen-bond donors (Lipinski definition) is 1. The Hall–Kier alpha value is -3.24. The van der Waals surface area contributed by atoms with E-state index in [-0.39, 0.29) is 11.5 Å². The smallest absolute Gasteiger partial charge is 0.269 e. The Morgan fingerprint density at radius 3 is 2.30 bits per heavy atom. The van der Waals surface area contributed by atoms with Crippen molar-refractivity contribution in [1.29, 1.82) is 5.26 Å². The van der Waals surface area contributed by atoms with Crippen molar-refractivity contribution in [2.24, 2.45) is 0 Å². The van der Waals surface area contributed by atoms with E-state index >= 15 is 0 Å². The topological polar surface area (TPSA) is 73.2 Å². The number of halogens is 2. The van der Waals surface area contributed by atoms with Gasteiger partial charge in [0.15, 0.2) is 0 Å². The Bertz CT molecular complexity index is 1270. The van der Waals surface area contributed by atoms with Crippen molar-refractivity contribution >= 4 is 58.2 Å². The van der Waals surface area contributed by atoms with E-state index in [0.717, 1.165) is 5.56 Å². The summed E-state index contributed by atoms with van der Waals surface area (Å²) >= 11 is 13.3. The van der Waals surface area contributed by atoms with Gasteiger partial charge in [-0.3, -0.25) is 14.5 Å². The van der Waals surface area contributed by atoms with Gasteiger partial charge in [0.05, 0.1) is 15.3 Å². The lowest BCUT2D eigenvalue weighted by atomic mass is 10.1. The molecule has 1 fully saturated rings. The molecule has 3 aromatic carbocycles. The summed E-state index contributed by atoms with van der Waals surface area (Å²) in [6, 6.07) is 25.0. The van der Waals surface area contributed by atoms with Gasteiger partial charge in [0, 0.05) is 11.4 Å². The Morgan fingerprint density at radius 2 is 1.67 bits per heavy atom. The van der Waals surface area contributed by atoms with E-state index in [4.69, 9.17) is 23.2 Å². The van der Waals surface area contributed by atoms with Crippen molar-refractivity contribution in [3.63, 3.8) is 0 Å². The van der Waals surface area contributed by atoms with E-state index < -0.39 is 11.2 Å². The molecule has 1 N–H and O–H groups in total. The molecule has 1 aliphatic heterocycles. The molecule has 164 valence electrons. The third-order valence-corrected chi connectivity index (χ3v) is 6.96. The first-order valence-corrected chi connectivity index (χ1v) is 11.6. The molecule has 0 aliphatic carbocycles. The molecule has 1 saturated heterocycles. The summed E-state index contributed by atoms with van der Waals surface area (Å²) in [6.07, 6.45) is 0.367. The van der Waals surface area contributed by atoms with Crippen LogP contribution in [0.15, 0.2) is 89.5 Å². The fourth-order valence-corrected chi connectivity index (χ4v) is 5.02. The minimum Gasteiger partial charge on any atom is -0.321 e. The minimum atomic E-state index is -0.574. The highest BCUT2D eigenvalue weighted by molar-refractivity contribution is 8.05. The molecule has 0 bridgehead atoms. The number of thioether (sulfide) groups is 1. The third kappa shape index (κ3) is 5.07. The molecule has 0 aromatic heterocycles. The Labute approximate surface area is 205 Å². The van der Waals surface area contributed by atoms with Crippen molar-refractivity contribution in [3.05, 3.63) is 105 Å². The maximum Gasteiger partial charge on any atom is 0.269 e. The second-order valence-corrected chi connectivity index (χ2v) is 9.19. The van der Waals surface area contributed by atoms with Gasteiger partial charge >= 0.3 is 0 Å². The van der Waals surface area contributed by atoms with Crippen LogP contribution in [0.2, 0.25) is 10.0 Å². The van der Waals surface area contributed by atoms with Gasteiger partial charge < -0.3 is 5.32 Å². The lowest BCUT2D eigenvalue weighted by molar-refractivity contribution is -0.117. The standard InChI is InChI=1S/C25H17Cl2N3O2S/c26-20-12-11-16(13-21(20)27)14-22-24(32)30(18-9-5-2-6-10-18)25(33-22)19(15-28)23(31)29-17-7-3-1-4-8-17/h1-13,22H,14H2,(H,29,31)/b25-19-/t22-/m0/s1. The van der Waals surface area contributed by atoms with Gasteiger partial charge in [-0.05, 0) is 48.4 Å². The zero-order valence-electron chi connectivity index (χ0n) is 17.2. The molecule has 0 saturated carbocycles. The number of nitriles is 1. The van der Waals surface area contributed by atoms with E-state index in [1.807, 2.05) is 24.3 Å². The van der Waals surface area contributed by atoms with Crippen LogP contribution in [-0.4, -0.2) is 17.1 Å². The maximum atomic E-state index is 13.4. The van der Waals surface area contributed by atoms with Gasteiger partial charge in [0.25, 0.3) is 5.91 Å². The summed E-state index contributed by atoms with van der Waals surface area (Å²) in [4.78, 5) is 27.9. The SMILES string of the molecule is N#C/C(C(=O)Nc1ccccc1)=C1/S[C@@H](Cc2ccc(Cl)c(Cl)c2)C(=O)N1c1ccccc1. The summed E-state index contributed by atoms with van der Waals surface area (Å²) in [7, 11) is 0. The predicted molar refractivity (Wildman–Crippen MR) is 133 cm³/mol. The lowest BCUT2D eigenvalue weighted by Gasteiger charge is -2.18. The highest BCUT2D eigenvalue weighted by Gasteiger charge is 2.40. The normalized spacial score (nSPS) is 16.9. The molecule has 1 aliphatic rings. The van der Waals surface area contributed by atoms with Crippen molar-refractivity contribution < 1.29 is 9.59 Å². The zero-order chi connectivity index (χ0) is 23.4. The number of rotatable bonds is 5. The highest BCUT2D eigenvalue weighted by atomic mass is 35.5. The lowest BCUT2D eigenvalue weighted by Crippen LogP contribution is -2.30. The molecule has 8 heteroatoms. The van der Waals surface area contributed by atoms with Crippen LogP contribution in [0.3, 0.4) is 0 Å². The van der Waals surface area contributed by atoms with Crippen molar-refractivity contribution in [2.75, 3.05) is 10.2 Å². The Kier molecular flexibility index (Phi) is 7.05. The van der Waals surface area contributed by atoms with Gasteiger partial charge in [-0.25, -0.2) is 0 Å². The molecule has 0 radical (unpaired) electrons. The molecule has 3 aromatic rings. The fraction of sp³-hybridized carbons (Fsp3) is 0.0800. The summed E-state index contributed by atoms with van der Waals surface area (Å²) < 4.78 is 0. The molecule has 2 amide bonds. The van der Waals surface area contributed by atoms with Crippen LogP contribution in [0.25, 0.3) is 0 Å². The molecular formula is C25H17Cl2N3O2S. The van der Waals surface area contributed by atoms with E-state index in [1.165, 1.54) is 16.7 Å². The van der Waals surface area contributed by atoms with Crippen LogP contribution < -0.4 is 10.2 Å². The van der Waals surface area contributed by atoms with E-state index in [9.17, 15) is 14.9 Å². The van der Waals surface area contributed by atoms with Gasteiger partial charge in [0.1, 0.15) is 16.7 Å². The minimum absolute atomic E-state index is 0.127. The molecule has 1 heterocycles. The summed E-state index contributed by atoms with van der Waals surface area (Å²) in [5.74, 6) is -0.789. The van der Waals surface area contributed by atoms with Crippen molar-refractivity contribution in [3.8, 4) is 6.07 Å². The zero-order valence-corrected chi connectivity index (χ0v) is 19.5. The highest BCUT2D eigenvalue weighted by Crippen LogP contribution is 2.42. The quantitative estimate of drug-likeness (QED) is 0.346. The van der Waals surface area contributed by atoms with E-state index in [1.54, 1.807) is 60.7 Å². The first-order valence-electron chi connectivity index (χ1n) is 9.98. The number of amides is 2. The number of carbonyl (C=O) groups is 2. The third-order valence-electron chi connectivity index (χ3n) is 4.96. The Balaban J connectivity index is 1.71. The van der Waals surface area contributed by atoms with Gasteiger partial charge in [0.2, 0.25) is 5.91 Å². The molecule has 1 atom stereocenters. The molecule has 0 unspecified atom stereocenters. The number of para-hydroxylation sites is 2. The maximum absolute atomic E-state index is 13.4. The second kappa shape index (κ2) is 10.1. The van der Waals surface area contributed by atoms with Crippen LogP contribution in [0.1, 0.15) is 5.56 Å². The van der Waals surface area contributed by atoms with E-state index in [2.05, 4.69) is 5.32 Å². The van der Waals surface area contributed by atoms with Crippen LogP contribution in [0, 0.1) is 11.3 Å². The molecule has 33 heavy (non-hydrogen) atoms. The summed E-state index contributed by atoms with van der Waals surface area (Å²) in [5.41, 5.74) is 1.85. The number of hydrogen-bond acceptors (Lipinski definition) is 4. The largest absolute Gasteiger partial charge is 0.321 e. The monoisotopic (exact) mass is 493 g/mol. The fourth-order valence-electron chi connectivity index (χ4n) is 3.39. The Morgan fingerprint density at radius 1 is 1.00 bits per heavy atom. The number of carbonyl (C=O) groups excluding carboxylic acids is 2. The molecule has 0 spiro atoms. The first-order chi connectivity index (χ1) is 16.0.